The molecule has 0 unspecified atom stereocenters. The van der Waals surface area contributed by atoms with Gasteiger partial charge in [0, 0.05) is 37.2 Å². The molecule has 7 heteroatoms. The van der Waals surface area contributed by atoms with E-state index >= 15 is 0 Å². The molecule has 0 aliphatic rings. The highest BCUT2D eigenvalue weighted by molar-refractivity contribution is 7.90. The number of carbonyl (C=O) groups excluding carboxylic acids is 2. The van der Waals surface area contributed by atoms with Crippen LogP contribution in [0, 0.1) is 0 Å². The van der Waals surface area contributed by atoms with Crippen LogP contribution >= 0.6 is 0 Å². The van der Waals surface area contributed by atoms with Gasteiger partial charge in [-0.3, -0.25) is 9.59 Å². The van der Waals surface area contributed by atoms with E-state index < -0.39 is 15.8 Å². The Morgan fingerprint density at radius 3 is 2.23 bits per heavy atom. The minimum atomic E-state index is -2.71. The number of rotatable bonds is 4. The minimum absolute atomic E-state index is 0.199. The lowest BCUT2D eigenvalue weighted by Crippen LogP contribution is -2.21. The molecule has 0 spiro atoms. The molecule has 0 aliphatic heterocycles. The predicted molar refractivity (Wildman–Crippen MR) is 89.0 cm³/mol. The molecule has 0 aliphatic carbocycles. The molecule has 0 bridgehead atoms. The molecule has 1 rings (SSSR count). The van der Waals surface area contributed by atoms with E-state index in [4.69, 9.17) is 0 Å². The summed E-state index contributed by atoms with van der Waals surface area (Å²) < 4.78 is 17.2. The van der Waals surface area contributed by atoms with E-state index in [1.165, 1.54) is 22.7 Å². The van der Waals surface area contributed by atoms with Gasteiger partial charge in [-0.1, -0.05) is 6.08 Å². The van der Waals surface area contributed by atoms with Crippen molar-refractivity contribution >= 4 is 27.4 Å². The van der Waals surface area contributed by atoms with Crippen molar-refractivity contribution in [2.45, 2.75) is 13.8 Å². The zero-order chi connectivity index (χ0) is 16.9. The highest BCUT2D eigenvalue weighted by atomic mass is 32.2. The van der Waals surface area contributed by atoms with Crippen molar-refractivity contribution in [1.82, 2.24) is 4.31 Å². The Balaban J connectivity index is 2.92. The average molecular weight is 323 g/mol. The second kappa shape index (κ2) is 7.33. The fourth-order valence-electron chi connectivity index (χ4n) is 1.35. The summed E-state index contributed by atoms with van der Waals surface area (Å²) in [5.41, 5.74) is 1.50. The summed E-state index contributed by atoms with van der Waals surface area (Å²) in [7, 11) is 0.489. The van der Waals surface area contributed by atoms with Gasteiger partial charge < -0.3 is 5.32 Å². The monoisotopic (exact) mass is 323 g/mol. The third-order valence-electron chi connectivity index (χ3n) is 3.11. The first-order valence-electron chi connectivity index (χ1n) is 6.65. The first kappa shape index (κ1) is 18.1. The molecule has 0 radical (unpaired) electrons. The molecule has 1 N–H and O–H groups in total. The van der Waals surface area contributed by atoms with Crippen LogP contribution in [0.3, 0.4) is 0 Å². The summed E-state index contributed by atoms with van der Waals surface area (Å²) in [5, 5.41) is 2.71. The lowest BCUT2D eigenvalue weighted by atomic mass is 10.2. The molecule has 22 heavy (non-hydrogen) atoms. The Morgan fingerprint density at radius 1 is 1.23 bits per heavy atom. The van der Waals surface area contributed by atoms with Gasteiger partial charge in [0.1, 0.15) is 9.92 Å². The second-order valence-electron chi connectivity index (χ2n) is 4.97. The third kappa shape index (κ3) is 4.78. The number of carbonyl (C=O) groups is 2. The molecule has 120 valence electrons. The van der Waals surface area contributed by atoms with E-state index in [1.807, 2.05) is 0 Å². The minimum Gasteiger partial charge on any atom is -0.322 e. The topological polar surface area (TPSA) is 78.8 Å². The molecule has 2 amide bonds. The summed E-state index contributed by atoms with van der Waals surface area (Å²) in [6, 6.07) is 6.29. The number of allylic oxidation sites excluding steroid dienone is 1. The van der Waals surface area contributed by atoms with Crippen molar-refractivity contribution < 1.29 is 13.8 Å². The smallest absolute Gasteiger partial charge is 0.286 e. The van der Waals surface area contributed by atoms with E-state index in [0.717, 1.165) is 0 Å². The Hall–Kier alpha value is -1.99. The largest absolute Gasteiger partial charge is 0.322 e. The van der Waals surface area contributed by atoms with Crippen molar-refractivity contribution in [2.75, 3.05) is 25.7 Å². The number of nitrogens with one attached hydrogen (secondary N) is 1. The van der Waals surface area contributed by atoms with E-state index in [9.17, 15) is 13.8 Å². The lowest BCUT2D eigenvalue weighted by molar-refractivity contribution is -0.112. The zero-order valence-electron chi connectivity index (χ0n) is 13.4. The second-order valence-corrected chi connectivity index (χ2v) is 7.41. The number of nitrogens with zero attached hydrogens (tertiary/aromatic N) is 2. The third-order valence-corrected chi connectivity index (χ3v) is 4.97. The van der Waals surface area contributed by atoms with Gasteiger partial charge in [0.15, 0.2) is 0 Å². The fraction of sp³-hybridized carbons (Fsp3) is 0.333. The Labute approximate surface area is 131 Å². The van der Waals surface area contributed by atoms with Crippen LogP contribution in [0.25, 0.3) is 0 Å². The summed E-state index contributed by atoms with van der Waals surface area (Å²) in [6.45, 7) is 3.50. The molecule has 1 aromatic carbocycles. The number of benzene rings is 1. The van der Waals surface area contributed by atoms with Crippen LogP contribution in [0.15, 0.2) is 40.3 Å². The summed E-state index contributed by atoms with van der Waals surface area (Å²) in [6.07, 6.45) is 3.12. The summed E-state index contributed by atoms with van der Waals surface area (Å²) >= 11 is 0. The average Bonchev–Trinajstić information content (AvgIpc) is 2.46. The first-order chi connectivity index (χ1) is 10.2. The maximum absolute atomic E-state index is 12.1. The number of hydrogen-bond donors (Lipinski definition) is 1. The van der Waals surface area contributed by atoms with Crippen LogP contribution in [0.4, 0.5) is 5.69 Å². The van der Waals surface area contributed by atoms with E-state index in [2.05, 4.69) is 9.68 Å². The lowest BCUT2D eigenvalue weighted by Gasteiger charge is -2.11. The normalized spacial score (nSPS) is 14.4. The maximum atomic E-state index is 12.1. The van der Waals surface area contributed by atoms with Crippen molar-refractivity contribution in [1.29, 1.82) is 0 Å². The van der Waals surface area contributed by atoms with E-state index in [0.29, 0.717) is 16.8 Å². The van der Waals surface area contributed by atoms with Gasteiger partial charge in [0.05, 0.1) is 0 Å². The van der Waals surface area contributed by atoms with Crippen LogP contribution in [-0.2, 0) is 14.7 Å². The summed E-state index contributed by atoms with van der Waals surface area (Å²) in [5.74, 6) is -0.751. The Kier molecular flexibility index (Phi) is 6.01. The highest BCUT2D eigenvalue weighted by Crippen LogP contribution is 2.12. The highest BCUT2D eigenvalue weighted by Gasteiger charge is 2.11. The van der Waals surface area contributed by atoms with Gasteiger partial charge in [-0.25, -0.2) is 8.51 Å². The maximum Gasteiger partial charge on any atom is 0.286 e. The quantitative estimate of drug-likeness (QED) is 0.864. The van der Waals surface area contributed by atoms with Gasteiger partial charge in [-0.2, -0.15) is 0 Å². The SMILES string of the molecule is C/C=C(\C)C(=O)Nc1ccc(C(=O)N=[S@@](C)(=O)N(C)C)cc1. The first-order valence-corrected chi connectivity index (χ1v) is 8.53. The van der Waals surface area contributed by atoms with Crippen molar-refractivity contribution in [3.8, 4) is 0 Å². The molecule has 0 saturated heterocycles. The van der Waals surface area contributed by atoms with Gasteiger partial charge in [0.2, 0.25) is 0 Å². The zero-order valence-corrected chi connectivity index (χ0v) is 14.2. The van der Waals surface area contributed by atoms with Crippen molar-refractivity contribution in [3.05, 3.63) is 41.5 Å². The van der Waals surface area contributed by atoms with E-state index in [-0.39, 0.29) is 5.91 Å². The summed E-state index contributed by atoms with van der Waals surface area (Å²) in [4.78, 5) is 23.7. The molecule has 0 fully saturated rings. The van der Waals surface area contributed by atoms with Crippen LogP contribution in [0.5, 0.6) is 0 Å². The van der Waals surface area contributed by atoms with Crippen LogP contribution in [0.1, 0.15) is 24.2 Å². The number of amides is 2. The van der Waals surface area contributed by atoms with Gasteiger partial charge in [-0.05, 0) is 38.1 Å². The molecule has 6 nitrogen and oxygen atoms in total. The fourth-order valence-corrected chi connectivity index (χ4v) is 1.92. The van der Waals surface area contributed by atoms with Gasteiger partial charge >= 0.3 is 0 Å². The number of anilines is 1. The molecule has 1 atom stereocenters. The van der Waals surface area contributed by atoms with Crippen LogP contribution in [0.2, 0.25) is 0 Å². The molecule has 0 heterocycles. The van der Waals surface area contributed by atoms with Gasteiger partial charge in [-0.15, -0.1) is 4.36 Å². The molecule has 1 aromatic rings. The molecule has 0 aromatic heterocycles. The van der Waals surface area contributed by atoms with Crippen LogP contribution < -0.4 is 5.32 Å². The Bertz CT molecular complexity index is 712. The van der Waals surface area contributed by atoms with Gasteiger partial charge in [0.25, 0.3) is 11.8 Å². The van der Waals surface area contributed by atoms with Crippen LogP contribution in [-0.4, -0.2) is 40.7 Å². The standard InChI is InChI=1S/C15H21N3O3S/c1-6-11(2)14(19)16-13-9-7-12(8-10-13)15(20)17-22(5,21)18(3)4/h6-10H,1-5H3,(H,16,19)/b11-6+/t22-/m1/s1. The molecular formula is C15H21N3O3S. The predicted octanol–water partition coefficient (Wildman–Crippen LogP) is 2.31. The molecular weight excluding hydrogens is 302 g/mol. The van der Waals surface area contributed by atoms with Crippen molar-refractivity contribution in [2.24, 2.45) is 4.36 Å². The number of hydrogen-bond acceptors (Lipinski definition) is 3. The van der Waals surface area contributed by atoms with E-state index in [1.54, 1.807) is 46.2 Å². The Morgan fingerprint density at radius 2 is 1.77 bits per heavy atom. The molecule has 0 saturated carbocycles. The van der Waals surface area contributed by atoms with Crippen molar-refractivity contribution in [3.63, 3.8) is 0 Å².